The highest BCUT2D eigenvalue weighted by Crippen LogP contribution is 2.29. The molecule has 0 heterocycles. The summed E-state index contributed by atoms with van der Waals surface area (Å²) in [4.78, 5) is 10.9. The Kier molecular flexibility index (Phi) is 2.66. The molecule has 0 spiro atoms. The van der Waals surface area contributed by atoms with Gasteiger partial charge in [-0.2, -0.15) is 0 Å². The van der Waals surface area contributed by atoms with Crippen LogP contribution in [0, 0.1) is 0 Å². The Morgan fingerprint density at radius 1 is 0.667 bits per heavy atom. The van der Waals surface area contributed by atoms with Crippen molar-refractivity contribution >= 4 is 17.1 Å². The van der Waals surface area contributed by atoms with Crippen molar-refractivity contribution in [3.05, 3.63) is 72.3 Å². The number of carbonyl (C=O) groups excluding carboxylic acids is 1. The normalized spacial score (nSPS) is 10.4. The Bertz CT molecular complexity index is 699. The summed E-state index contributed by atoms with van der Waals surface area (Å²) in [5.41, 5.74) is 2.92. The highest BCUT2D eigenvalue weighted by Gasteiger charge is 2.06. The molecule has 3 aromatic carbocycles. The van der Waals surface area contributed by atoms with Crippen LogP contribution < -0.4 is 0 Å². The summed E-state index contributed by atoms with van der Waals surface area (Å²) in [5, 5.41) is 2.04. The fourth-order valence-electron chi connectivity index (χ4n) is 2.26. The van der Waals surface area contributed by atoms with Crippen molar-refractivity contribution in [2.24, 2.45) is 0 Å². The van der Waals surface area contributed by atoms with Crippen molar-refractivity contribution in [3.63, 3.8) is 0 Å². The lowest BCUT2D eigenvalue weighted by atomic mass is 9.95. The predicted molar refractivity (Wildman–Crippen MR) is 74.2 cm³/mol. The third-order valence-corrected chi connectivity index (χ3v) is 3.12. The molecule has 1 nitrogen and oxygen atoms in total. The first-order valence-corrected chi connectivity index (χ1v) is 5.85. The Balaban J connectivity index is 2.35. The van der Waals surface area contributed by atoms with Crippen molar-refractivity contribution in [1.29, 1.82) is 0 Å². The summed E-state index contributed by atoms with van der Waals surface area (Å²) < 4.78 is 0. The zero-order valence-electron chi connectivity index (χ0n) is 9.76. The third kappa shape index (κ3) is 1.70. The van der Waals surface area contributed by atoms with Crippen LogP contribution in [-0.4, -0.2) is 6.29 Å². The van der Waals surface area contributed by atoms with Gasteiger partial charge in [0.1, 0.15) is 0 Å². The molecule has 0 aliphatic carbocycles. The van der Waals surface area contributed by atoms with Gasteiger partial charge >= 0.3 is 0 Å². The molecule has 0 saturated heterocycles. The van der Waals surface area contributed by atoms with Crippen LogP contribution in [0.15, 0.2) is 66.7 Å². The highest BCUT2D eigenvalue weighted by molar-refractivity contribution is 6.05. The van der Waals surface area contributed by atoms with Gasteiger partial charge in [-0.3, -0.25) is 4.79 Å². The first kappa shape index (κ1) is 10.7. The highest BCUT2D eigenvalue weighted by atomic mass is 16.1. The topological polar surface area (TPSA) is 17.1 Å². The molecule has 3 rings (SSSR count). The van der Waals surface area contributed by atoms with Gasteiger partial charge in [-0.15, -0.1) is 0 Å². The Hall–Kier alpha value is -2.41. The summed E-state index contributed by atoms with van der Waals surface area (Å²) in [7, 11) is 0. The number of hydrogen-bond acceptors (Lipinski definition) is 1. The minimum absolute atomic E-state index is 0.616. The first-order chi connectivity index (χ1) is 8.90. The second-order valence-electron chi connectivity index (χ2n) is 4.17. The summed E-state index contributed by atoms with van der Waals surface area (Å²) in [5.74, 6) is 0. The molecule has 18 heavy (non-hydrogen) atoms. The van der Waals surface area contributed by atoms with Crippen molar-refractivity contribution in [3.8, 4) is 11.1 Å². The van der Waals surface area contributed by atoms with E-state index in [1.165, 1.54) is 0 Å². The smallest absolute Gasteiger partial charge is 0.234 e. The van der Waals surface area contributed by atoms with E-state index in [-0.39, 0.29) is 0 Å². The second-order valence-corrected chi connectivity index (χ2v) is 4.17. The molecule has 0 aromatic heterocycles. The maximum Gasteiger partial charge on any atom is 0.234 e. The molecular formula is C17H11O. The van der Waals surface area contributed by atoms with Crippen LogP contribution in [0.1, 0.15) is 5.56 Å². The van der Waals surface area contributed by atoms with Crippen molar-refractivity contribution in [2.45, 2.75) is 0 Å². The zero-order valence-corrected chi connectivity index (χ0v) is 9.76. The van der Waals surface area contributed by atoms with E-state index >= 15 is 0 Å². The van der Waals surface area contributed by atoms with Gasteiger partial charge in [-0.1, -0.05) is 60.7 Å². The first-order valence-electron chi connectivity index (χ1n) is 5.85. The predicted octanol–water partition coefficient (Wildman–Crippen LogP) is 3.96. The lowest BCUT2D eigenvalue weighted by molar-refractivity contribution is 0.563. The molecule has 0 aliphatic rings. The number of rotatable bonds is 2. The zero-order chi connectivity index (χ0) is 12.4. The maximum absolute atomic E-state index is 10.9. The molecule has 1 heteroatoms. The molecular weight excluding hydrogens is 220 g/mol. The van der Waals surface area contributed by atoms with Gasteiger partial charge in [0.2, 0.25) is 6.29 Å². The van der Waals surface area contributed by atoms with Gasteiger partial charge in [-0.05, 0) is 28.0 Å². The van der Waals surface area contributed by atoms with E-state index in [2.05, 4.69) is 12.1 Å². The van der Waals surface area contributed by atoms with Crippen LogP contribution in [0.2, 0.25) is 0 Å². The van der Waals surface area contributed by atoms with E-state index in [0.29, 0.717) is 5.56 Å². The molecule has 0 atom stereocenters. The summed E-state index contributed by atoms with van der Waals surface area (Å²) in [6.07, 6.45) is 2.00. The minimum Gasteiger partial charge on any atom is -0.285 e. The van der Waals surface area contributed by atoms with Crippen LogP contribution in [-0.2, 0) is 4.79 Å². The molecule has 0 N–H and O–H groups in total. The van der Waals surface area contributed by atoms with Crippen LogP contribution >= 0.6 is 0 Å². The number of benzene rings is 3. The Morgan fingerprint density at radius 3 is 2.06 bits per heavy atom. The fourth-order valence-corrected chi connectivity index (χ4v) is 2.26. The molecule has 3 aromatic rings. The summed E-state index contributed by atoms with van der Waals surface area (Å²) in [6.45, 7) is 0. The van der Waals surface area contributed by atoms with E-state index in [0.717, 1.165) is 21.9 Å². The molecule has 85 valence electrons. The van der Waals surface area contributed by atoms with Gasteiger partial charge in [0.25, 0.3) is 0 Å². The molecule has 0 fully saturated rings. The molecule has 0 bridgehead atoms. The van der Waals surface area contributed by atoms with Gasteiger partial charge in [-0.25, -0.2) is 0 Å². The van der Waals surface area contributed by atoms with Gasteiger partial charge in [0.15, 0.2) is 0 Å². The fraction of sp³-hybridized carbons (Fsp3) is 0. The molecule has 0 unspecified atom stereocenters. The Labute approximate surface area is 106 Å². The molecule has 0 saturated carbocycles. The third-order valence-electron chi connectivity index (χ3n) is 3.12. The largest absolute Gasteiger partial charge is 0.285 e. The molecule has 0 aliphatic heterocycles. The average Bonchev–Trinajstić information content (AvgIpc) is 2.47. The standard InChI is InChI=1S/C17H11O/c18-12-14-10-11-16(13-6-2-1-3-7-13)17-9-5-4-8-15(14)17/h1-11H. The number of fused-ring (bicyclic) bond motifs is 1. The van der Waals surface area contributed by atoms with Crippen LogP contribution in [0.25, 0.3) is 21.9 Å². The average molecular weight is 231 g/mol. The van der Waals surface area contributed by atoms with Crippen LogP contribution in [0.3, 0.4) is 0 Å². The second kappa shape index (κ2) is 4.46. The van der Waals surface area contributed by atoms with Gasteiger partial charge in [0, 0.05) is 5.56 Å². The summed E-state index contributed by atoms with van der Waals surface area (Å²) >= 11 is 0. The van der Waals surface area contributed by atoms with E-state index in [9.17, 15) is 4.79 Å². The minimum atomic E-state index is 0.616. The molecule has 1 radical (unpaired) electrons. The van der Waals surface area contributed by atoms with Crippen LogP contribution in [0.4, 0.5) is 0 Å². The summed E-state index contributed by atoms with van der Waals surface area (Å²) in [6, 6.07) is 21.9. The Morgan fingerprint density at radius 2 is 1.33 bits per heavy atom. The van der Waals surface area contributed by atoms with Crippen molar-refractivity contribution in [2.75, 3.05) is 0 Å². The lowest BCUT2D eigenvalue weighted by Gasteiger charge is -2.08. The monoisotopic (exact) mass is 231 g/mol. The van der Waals surface area contributed by atoms with Gasteiger partial charge in [0.05, 0.1) is 0 Å². The van der Waals surface area contributed by atoms with E-state index in [1.54, 1.807) is 0 Å². The maximum atomic E-state index is 10.9. The van der Waals surface area contributed by atoms with Crippen molar-refractivity contribution in [1.82, 2.24) is 0 Å². The molecule has 0 amide bonds. The SMILES string of the molecule is O=[C]c1ccc(-c2ccccc2)c2ccccc12. The van der Waals surface area contributed by atoms with Gasteiger partial charge < -0.3 is 0 Å². The number of hydrogen-bond donors (Lipinski definition) is 0. The van der Waals surface area contributed by atoms with Crippen molar-refractivity contribution < 1.29 is 4.79 Å². The van der Waals surface area contributed by atoms with Crippen LogP contribution in [0.5, 0.6) is 0 Å². The quantitative estimate of drug-likeness (QED) is 0.652. The van der Waals surface area contributed by atoms with E-state index in [4.69, 9.17) is 0 Å². The van der Waals surface area contributed by atoms with E-state index in [1.807, 2.05) is 60.9 Å². The lowest BCUT2D eigenvalue weighted by Crippen LogP contribution is -1.87. The van der Waals surface area contributed by atoms with E-state index < -0.39 is 0 Å².